The lowest BCUT2D eigenvalue weighted by Crippen LogP contribution is -2.28. The molecule has 1 aromatic carbocycles. The van der Waals surface area contributed by atoms with Gasteiger partial charge in [0.2, 0.25) is 0 Å². The first-order chi connectivity index (χ1) is 8.15. The van der Waals surface area contributed by atoms with E-state index < -0.39 is 0 Å². The Hall–Kier alpha value is -1.38. The van der Waals surface area contributed by atoms with Crippen LogP contribution in [-0.2, 0) is 4.79 Å². The number of fused-ring (bicyclic) bond motifs is 1. The molecule has 0 N–H and O–H groups in total. The summed E-state index contributed by atoms with van der Waals surface area (Å²) >= 11 is 0. The molecule has 0 amide bonds. The Balaban J connectivity index is 2.31. The van der Waals surface area contributed by atoms with E-state index in [9.17, 15) is 9.18 Å². The summed E-state index contributed by atoms with van der Waals surface area (Å²) in [6.45, 7) is 4.46. The summed E-state index contributed by atoms with van der Waals surface area (Å²) in [4.78, 5) is 14.1. The zero-order valence-electron chi connectivity index (χ0n) is 10.3. The minimum absolute atomic E-state index is 0.0263. The van der Waals surface area contributed by atoms with Crippen LogP contribution in [0.4, 0.5) is 10.1 Å². The summed E-state index contributed by atoms with van der Waals surface area (Å²) in [5.74, 6) is 0.190. The van der Waals surface area contributed by atoms with Crippen molar-refractivity contribution in [2.24, 2.45) is 5.92 Å². The van der Waals surface area contributed by atoms with Gasteiger partial charge < -0.3 is 4.90 Å². The van der Waals surface area contributed by atoms with Crippen molar-refractivity contribution >= 4 is 11.5 Å². The normalized spacial score (nSPS) is 18.6. The second-order valence-corrected chi connectivity index (χ2v) is 4.80. The molecule has 1 atom stereocenters. The van der Waals surface area contributed by atoms with Crippen molar-refractivity contribution in [3.8, 4) is 0 Å². The predicted molar refractivity (Wildman–Crippen MR) is 67.2 cm³/mol. The molecule has 2 rings (SSSR count). The lowest BCUT2D eigenvalue weighted by atomic mass is 9.90. The highest BCUT2D eigenvalue weighted by molar-refractivity contribution is 5.91. The summed E-state index contributed by atoms with van der Waals surface area (Å²) in [6, 6.07) is 7.84. The van der Waals surface area contributed by atoms with Crippen LogP contribution in [0.2, 0.25) is 0 Å². The van der Waals surface area contributed by atoms with Crippen LogP contribution in [0.25, 0.3) is 0 Å². The maximum Gasteiger partial charge on any atom is 0.144 e. The first-order valence-corrected chi connectivity index (χ1v) is 6.08. The standard InChI is InChI=1S/C14H18FNO/c1-10(2)14(17)12-9-16(8-7-15)13-6-4-3-5-11(12)13/h3-6,10,12H,7-9H2,1-2H3. The Morgan fingerprint density at radius 1 is 1.47 bits per heavy atom. The van der Waals surface area contributed by atoms with Gasteiger partial charge in [-0.2, -0.15) is 0 Å². The summed E-state index contributed by atoms with van der Waals surface area (Å²) in [7, 11) is 0. The second kappa shape index (κ2) is 4.86. The maximum absolute atomic E-state index is 12.5. The third kappa shape index (κ3) is 2.19. The average Bonchev–Trinajstić information content (AvgIpc) is 2.68. The molecular formula is C14H18FNO. The van der Waals surface area contributed by atoms with Gasteiger partial charge in [0.25, 0.3) is 0 Å². The van der Waals surface area contributed by atoms with Crippen molar-refractivity contribution in [2.45, 2.75) is 19.8 Å². The number of rotatable bonds is 4. The topological polar surface area (TPSA) is 20.3 Å². The molecule has 0 aliphatic carbocycles. The SMILES string of the molecule is CC(C)C(=O)C1CN(CCF)c2ccccc21. The highest BCUT2D eigenvalue weighted by Gasteiger charge is 2.33. The largest absolute Gasteiger partial charge is 0.368 e. The summed E-state index contributed by atoms with van der Waals surface area (Å²) in [6.07, 6.45) is 0. The van der Waals surface area contributed by atoms with E-state index in [0.717, 1.165) is 11.3 Å². The monoisotopic (exact) mass is 235 g/mol. The quantitative estimate of drug-likeness (QED) is 0.799. The second-order valence-electron chi connectivity index (χ2n) is 4.80. The average molecular weight is 235 g/mol. The van der Waals surface area contributed by atoms with Crippen molar-refractivity contribution < 1.29 is 9.18 Å². The van der Waals surface area contributed by atoms with Crippen molar-refractivity contribution in [3.05, 3.63) is 29.8 Å². The van der Waals surface area contributed by atoms with Crippen molar-refractivity contribution in [1.29, 1.82) is 0 Å². The van der Waals surface area contributed by atoms with Gasteiger partial charge in [0, 0.05) is 24.7 Å². The summed E-state index contributed by atoms with van der Waals surface area (Å²) < 4.78 is 12.5. The molecule has 1 unspecified atom stereocenters. The Morgan fingerprint density at radius 2 is 2.18 bits per heavy atom. The molecular weight excluding hydrogens is 217 g/mol. The van der Waals surface area contributed by atoms with Gasteiger partial charge in [-0.05, 0) is 11.6 Å². The van der Waals surface area contributed by atoms with Crippen LogP contribution < -0.4 is 4.90 Å². The van der Waals surface area contributed by atoms with Crippen LogP contribution in [0.3, 0.4) is 0 Å². The first-order valence-electron chi connectivity index (χ1n) is 6.08. The van der Waals surface area contributed by atoms with E-state index >= 15 is 0 Å². The summed E-state index contributed by atoms with van der Waals surface area (Å²) in [5, 5.41) is 0. The molecule has 3 heteroatoms. The van der Waals surface area contributed by atoms with Crippen molar-refractivity contribution in [1.82, 2.24) is 0 Å². The molecule has 0 saturated heterocycles. The third-order valence-corrected chi connectivity index (χ3v) is 3.32. The van der Waals surface area contributed by atoms with Gasteiger partial charge in [0.05, 0.1) is 5.92 Å². The zero-order chi connectivity index (χ0) is 12.4. The molecule has 1 heterocycles. The summed E-state index contributed by atoms with van der Waals surface area (Å²) in [5.41, 5.74) is 2.07. The van der Waals surface area contributed by atoms with Gasteiger partial charge in [-0.15, -0.1) is 0 Å². The van der Waals surface area contributed by atoms with Crippen LogP contribution in [0.1, 0.15) is 25.3 Å². The molecule has 0 spiro atoms. The van der Waals surface area contributed by atoms with Gasteiger partial charge in [-0.1, -0.05) is 32.0 Å². The van der Waals surface area contributed by atoms with E-state index in [1.807, 2.05) is 43.0 Å². The number of carbonyl (C=O) groups excluding carboxylic acids is 1. The van der Waals surface area contributed by atoms with Crippen LogP contribution in [-0.4, -0.2) is 25.5 Å². The Bertz CT molecular complexity index is 416. The minimum atomic E-state index is -0.378. The number of halogens is 1. The molecule has 0 fully saturated rings. The molecule has 17 heavy (non-hydrogen) atoms. The van der Waals surface area contributed by atoms with E-state index in [4.69, 9.17) is 0 Å². The van der Waals surface area contributed by atoms with E-state index in [2.05, 4.69) is 0 Å². The van der Waals surface area contributed by atoms with Crippen LogP contribution in [0.15, 0.2) is 24.3 Å². The number of Topliss-reactive ketones (excluding diaryl/α,β-unsaturated/α-hetero) is 1. The number of hydrogen-bond donors (Lipinski definition) is 0. The molecule has 1 aromatic rings. The molecule has 92 valence electrons. The van der Waals surface area contributed by atoms with Crippen molar-refractivity contribution in [3.63, 3.8) is 0 Å². The number of carbonyl (C=O) groups is 1. The molecule has 0 aromatic heterocycles. The fourth-order valence-corrected chi connectivity index (χ4v) is 2.45. The van der Waals surface area contributed by atoms with Gasteiger partial charge >= 0.3 is 0 Å². The first kappa shape index (κ1) is 12.1. The lowest BCUT2D eigenvalue weighted by molar-refractivity contribution is -0.123. The van der Waals surface area contributed by atoms with E-state index in [1.165, 1.54) is 0 Å². The highest BCUT2D eigenvalue weighted by Crippen LogP contribution is 2.37. The lowest BCUT2D eigenvalue weighted by Gasteiger charge is -2.18. The van der Waals surface area contributed by atoms with Crippen LogP contribution >= 0.6 is 0 Å². The molecule has 0 bridgehead atoms. The fraction of sp³-hybridized carbons (Fsp3) is 0.500. The van der Waals surface area contributed by atoms with Crippen LogP contribution in [0, 0.1) is 5.92 Å². The molecule has 0 radical (unpaired) electrons. The minimum Gasteiger partial charge on any atom is -0.368 e. The molecule has 1 aliphatic rings. The van der Waals surface area contributed by atoms with Crippen molar-refractivity contribution in [2.75, 3.05) is 24.7 Å². The molecule has 2 nitrogen and oxygen atoms in total. The van der Waals surface area contributed by atoms with Gasteiger partial charge in [-0.3, -0.25) is 4.79 Å². The van der Waals surface area contributed by atoms with E-state index in [1.54, 1.807) is 0 Å². The number of alkyl halides is 1. The number of ketones is 1. The van der Waals surface area contributed by atoms with Gasteiger partial charge in [0.1, 0.15) is 12.5 Å². The molecule has 1 aliphatic heterocycles. The zero-order valence-corrected chi connectivity index (χ0v) is 10.3. The highest BCUT2D eigenvalue weighted by atomic mass is 19.1. The number of benzene rings is 1. The fourth-order valence-electron chi connectivity index (χ4n) is 2.45. The maximum atomic E-state index is 12.5. The van der Waals surface area contributed by atoms with Gasteiger partial charge in [0.15, 0.2) is 0 Å². The third-order valence-electron chi connectivity index (χ3n) is 3.32. The van der Waals surface area contributed by atoms with E-state index in [0.29, 0.717) is 13.1 Å². The van der Waals surface area contributed by atoms with Crippen LogP contribution in [0.5, 0.6) is 0 Å². The van der Waals surface area contributed by atoms with Gasteiger partial charge in [-0.25, -0.2) is 4.39 Å². The smallest absolute Gasteiger partial charge is 0.144 e. The number of hydrogen-bond acceptors (Lipinski definition) is 2. The number of nitrogens with zero attached hydrogens (tertiary/aromatic N) is 1. The Labute approximate surface area is 101 Å². The Morgan fingerprint density at radius 3 is 2.82 bits per heavy atom. The number of anilines is 1. The Kier molecular flexibility index (Phi) is 3.46. The number of para-hydroxylation sites is 1. The van der Waals surface area contributed by atoms with E-state index in [-0.39, 0.29) is 24.3 Å². The molecule has 0 saturated carbocycles. The predicted octanol–water partition coefficient (Wildman–Crippen LogP) is 2.78.